The van der Waals surface area contributed by atoms with Crippen LogP contribution in [-0.2, 0) is 6.54 Å². The number of ether oxygens (including phenoxy) is 2. The van der Waals surface area contributed by atoms with Gasteiger partial charge in [-0.25, -0.2) is 4.99 Å². The van der Waals surface area contributed by atoms with E-state index in [-0.39, 0.29) is 6.10 Å². The lowest BCUT2D eigenvalue weighted by Crippen LogP contribution is -2.40. The molecule has 0 radical (unpaired) electrons. The fourth-order valence-electron chi connectivity index (χ4n) is 2.46. The van der Waals surface area contributed by atoms with Crippen molar-refractivity contribution in [2.45, 2.75) is 26.5 Å². The number of hydrogen-bond donors (Lipinski definition) is 2. The quantitative estimate of drug-likeness (QED) is 0.801. The fourth-order valence-corrected chi connectivity index (χ4v) is 2.46. The highest BCUT2D eigenvalue weighted by Crippen LogP contribution is 2.27. The van der Waals surface area contributed by atoms with Crippen LogP contribution in [-0.4, -0.2) is 25.2 Å². The number of nitrogens with zero attached hydrogens (tertiary/aromatic N) is 1. The number of hydrogen-bond acceptors (Lipinski definition) is 5. The smallest absolute Gasteiger partial charge is 0.196 e. The van der Waals surface area contributed by atoms with Crippen LogP contribution in [0.15, 0.2) is 53.5 Å². The predicted octanol–water partition coefficient (Wildman–Crippen LogP) is 3.23. The van der Waals surface area contributed by atoms with E-state index in [1.165, 1.54) is 5.56 Å². The van der Waals surface area contributed by atoms with Gasteiger partial charge in [0.2, 0.25) is 0 Å². The molecular formula is C19H23N3O2. The topological polar surface area (TPSA) is 54.9 Å². The Hall–Kier alpha value is -2.69. The molecule has 126 valence electrons. The molecule has 0 spiro atoms. The van der Waals surface area contributed by atoms with Crippen LogP contribution >= 0.6 is 0 Å². The first-order valence-corrected chi connectivity index (χ1v) is 8.25. The summed E-state index contributed by atoms with van der Waals surface area (Å²) in [5.74, 6) is 2.32. The number of para-hydroxylation sites is 3. The summed E-state index contributed by atoms with van der Waals surface area (Å²) in [5.41, 5.74) is 2.22. The van der Waals surface area contributed by atoms with Crippen molar-refractivity contribution in [3.8, 4) is 11.5 Å². The molecule has 0 unspecified atom stereocenters. The van der Waals surface area contributed by atoms with Gasteiger partial charge in [0, 0.05) is 6.54 Å². The molecule has 5 nitrogen and oxygen atoms in total. The highest BCUT2D eigenvalue weighted by atomic mass is 16.5. The van der Waals surface area contributed by atoms with Crippen molar-refractivity contribution < 1.29 is 9.47 Å². The lowest BCUT2D eigenvalue weighted by molar-refractivity contribution is 0.222. The second-order valence-corrected chi connectivity index (χ2v) is 5.83. The van der Waals surface area contributed by atoms with E-state index >= 15 is 0 Å². The van der Waals surface area contributed by atoms with E-state index < -0.39 is 0 Å². The maximum atomic E-state index is 5.83. The largest absolute Gasteiger partial charge is 0.488 e. The molecule has 24 heavy (non-hydrogen) atoms. The van der Waals surface area contributed by atoms with E-state index in [2.05, 4.69) is 21.7 Å². The first-order valence-electron chi connectivity index (χ1n) is 8.25. The Morgan fingerprint density at radius 1 is 1.08 bits per heavy atom. The average Bonchev–Trinajstić information content (AvgIpc) is 2.59. The number of aliphatic imine (C=N–C) groups is 1. The van der Waals surface area contributed by atoms with Crippen molar-refractivity contribution in [2.75, 3.05) is 13.2 Å². The summed E-state index contributed by atoms with van der Waals surface area (Å²) in [5, 5.41) is 6.54. The molecular weight excluding hydrogens is 302 g/mol. The maximum Gasteiger partial charge on any atom is 0.196 e. The molecule has 3 rings (SSSR count). The monoisotopic (exact) mass is 325 g/mol. The molecule has 0 fully saturated rings. The first-order chi connectivity index (χ1) is 11.7. The van der Waals surface area contributed by atoms with Gasteiger partial charge in [-0.3, -0.25) is 0 Å². The minimum absolute atomic E-state index is 0.119. The van der Waals surface area contributed by atoms with Gasteiger partial charge in [-0.05, 0) is 37.6 Å². The SMILES string of the molecule is CC(C)Oc1ccccc1OCCNC1=Nc2ccccc2CN1. The number of rotatable bonds is 6. The van der Waals surface area contributed by atoms with E-state index in [1.807, 2.05) is 56.3 Å². The molecule has 1 heterocycles. The molecule has 0 bridgehead atoms. The van der Waals surface area contributed by atoms with Gasteiger partial charge in [-0.2, -0.15) is 0 Å². The number of fused-ring (bicyclic) bond motifs is 1. The van der Waals surface area contributed by atoms with Gasteiger partial charge in [-0.15, -0.1) is 0 Å². The number of guanidine groups is 1. The molecule has 2 N–H and O–H groups in total. The van der Waals surface area contributed by atoms with Gasteiger partial charge in [0.25, 0.3) is 0 Å². The Bertz CT molecular complexity index is 713. The van der Waals surface area contributed by atoms with E-state index in [4.69, 9.17) is 9.47 Å². The van der Waals surface area contributed by atoms with E-state index in [1.54, 1.807) is 0 Å². The molecule has 0 saturated heterocycles. The molecule has 1 aliphatic heterocycles. The van der Waals surface area contributed by atoms with Crippen molar-refractivity contribution in [3.63, 3.8) is 0 Å². The average molecular weight is 325 g/mol. The van der Waals surface area contributed by atoms with Crippen molar-refractivity contribution in [2.24, 2.45) is 4.99 Å². The third kappa shape index (κ3) is 4.19. The summed E-state index contributed by atoms with van der Waals surface area (Å²) in [6, 6.07) is 15.9. The maximum absolute atomic E-state index is 5.83. The Labute approximate surface area is 142 Å². The van der Waals surface area contributed by atoms with Crippen LogP contribution in [0.1, 0.15) is 19.4 Å². The Balaban J connectivity index is 1.51. The predicted molar refractivity (Wildman–Crippen MR) is 96.1 cm³/mol. The van der Waals surface area contributed by atoms with Gasteiger partial charge in [0.15, 0.2) is 17.5 Å². The lowest BCUT2D eigenvalue weighted by atomic mass is 10.1. The molecule has 2 aromatic rings. The van der Waals surface area contributed by atoms with Gasteiger partial charge in [-0.1, -0.05) is 30.3 Å². The van der Waals surface area contributed by atoms with E-state index in [0.717, 1.165) is 29.7 Å². The van der Waals surface area contributed by atoms with Gasteiger partial charge >= 0.3 is 0 Å². The summed E-state index contributed by atoms with van der Waals surface area (Å²) in [7, 11) is 0. The van der Waals surface area contributed by atoms with E-state index in [9.17, 15) is 0 Å². The summed E-state index contributed by atoms with van der Waals surface area (Å²) in [4.78, 5) is 4.56. The molecule has 2 aromatic carbocycles. The van der Waals surface area contributed by atoms with Crippen LogP contribution in [0.2, 0.25) is 0 Å². The second-order valence-electron chi connectivity index (χ2n) is 5.83. The van der Waals surface area contributed by atoms with Crippen LogP contribution in [0, 0.1) is 0 Å². The summed E-state index contributed by atoms with van der Waals surface area (Å²) in [6.07, 6.45) is 0.119. The first kappa shape index (κ1) is 16.2. The Morgan fingerprint density at radius 2 is 1.83 bits per heavy atom. The normalized spacial score (nSPS) is 12.9. The van der Waals surface area contributed by atoms with Crippen molar-refractivity contribution in [1.29, 1.82) is 0 Å². The second kappa shape index (κ2) is 7.73. The third-order valence-corrected chi connectivity index (χ3v) is 3.53. The highest BCUT2D eigenvalue weighted by Gasteiger charge is 2.10. The van der Waals surface area contributed by atoms with Gasteiger partial charge in [0.1, 0.15) is 6.61 Å². The zero-order valence-electron chi connectivity index (χ0n) is 14.1. The Morgan fingerprint density at radius 3 is 2.67 bits per heavy atom. The third-order valence-electron chi connectivity index (χ3n) is 3.53. The molecule has 5 heteroatoms. The highest BCUT2D eigenvalue weighted by molar-refractivity contribution is 5.84. The zero-order chi connectivity index (χ0) is 16.8. The summed E-state index contributed by atoms with van der Waals surface area (Å²) in [6.45, 7) is 5.98. The van der Waals surface area contributed by atoms with Crippen LogP contribution in [0.4, 0.5) is 5.69 Å². The zero-order valence-corrected chi connectivity index (χ0v) is 14.1. The Kier molecular flexibility index (Phi) is 5.21. The molecule has 0 saturated carbocycles. The molecule has 0 atom stereocenters. The van der Waals surface area contributed by atoms with Crippen molar-refractivity contribution in [3.05, 3.63) is 54.1 Å². The molecule has 0 amide bonds. The van der Waals surface area contributed by atoms with Crippen LogP contribution < -0.4 is 20.1 Å². The van der Waals surface area contributed by atoms with Crippen molar-refractivity contribution in [1.82, 2.24) is 10.6 Å². The minimum atomic E-state index is 0.119. The molecule has 0 aromatic heterocycles. The standard InChI is InChI=1S/C19H23N3O2/c1-14(2)24-18-10-6-5-9-17(18)23-12-11-20-19-21-13-15-7-3-4-8-16(15)22-19/h3-10,14H,11-13H2,1-2H3,(H2,20,21,22). The summed E-state index contributed by atoms with van der Waals surface area (Å²) >= 11 is 0. The van der Waals surface area contributed by atoms with Crippen molar-refractivity contribution >= 4 is 11.6 Å². The number of benzene rings is 2. The number of nitrogens with one attached hydrogen (secondary N) is 2. The van der Waals surface area contributed by atoms with Crippen LogP contribution in [0.3, 0.4) is 0 Å². The van der Waals surface area contributed by atoms with Gasteiger partial charge < -0.3 is 20.1 Å². The van der Waals surface area contributed by atoms with Gasteiger partial charge in [0.05, 0.1) is 18.3 Å². The van der Waals surface area contributed by atoms with Crippen LogP contribution in [0.25, 0.3) is 0 Å². The summed E-state index contributed by atoms with van der Waals surface area (Å²) < 4.78 is 11.6. The lowest BCUT2D eigenvalue weighted by Gasteiger charge is -2.19. The van der Waals surface area contributed by atoms with E-state index in [0.29, 0.717) is 13.2 Å². The fraction of sp³-hybridized carbons (Fsp3) is 0.316. The molecule has 1 aliphatic rings. The molecule has 0 aliphatic carbocycles. The van der Waals surface area contributed by atoms with Crippen LogP contribution in [0.5, 0.6) is 11.5 Å². The minimum Gasteiger partial charge on any atom is -0.488 e.